The number of sulfone groups is 1. The SMILES string of the molecule is CCC(CC)(CBr)CNC(=O)C(C)S(C)(=O)=O. The van der Waals surface area contributed by atoms with Gasteiger partial charge in [-0.2, -0.15) is 0 Å². The van der Waals surface area contributed by atoms with Gasteiger partial charge < -0.3 is 5.32 Å². The van der Waals surface area contributed by atoms with Crippen molar-refractivity contribution in [3.05, 3.63) is 0 Å². The molecule has 0 bridgehead atoms. The lowest BCUT2D eigenvalue weighted by molar-refractivity contribution is -0.120. The molecule has 1 N–H and O–H groups in total. The highest BCUT2D eigenvalue weighted by Gasteiger charge is 2.28. The van der Waals surface area contributed by atoms with Crippen molar-refractivity contribution in [2.75, 3.05) is 18.1 Å². The van der Waals surface area contributed by atoms with Crippen molar-refractivity contribution in [3.63, 3.8) is 0 Å². The van der Waals surface area contributed by atoms with Crippen LogP contribution in [0.25, 0.3) is 0 Å². The smallest absolute Gasteiger partial charge is 0.238 e. The molecule has 1 amide bonds. The molecule has 0 rings (SSSR count). The number of nitrogens with one attached hydrogen (secondary N) is 1. The van der Waals surface area contributed by atoms with Gasteiger partial charge in [0, 0.05) is 18.1 Å². The van der Waals surface area contributed by atoms with Gasteiger partial charge in [0.25, 0.3) is 0 Å². The minimum atomic E-state index is -3.31. The maximum absolute atomic E-state index is 11.7. The standard InChI is InChI=1S/C11H22BrNO3S/c1-5-11(6-2,7-12)8-13-10(14)9(3)17(4,15)16/h9H,5-8H2,1-4H3,(H,13,14). The monoisotopic (exact) mass is 327 g/mol. The van der Waals surface area contributed by atoms with E-state index < -0.39 is 21.0 Å². The third-order valence-electron chi connectivity index (χ3n) is 3.43. The van der Waals surface area contributed by atoms with Crippen LogP contribution in [0.3, 0.4) is 0 Å². The molecule has 0 aromatic carbocycles. The lowest BCUT2D eigenvalue weighted by Crippen LogP contribution is -2.43. The van der Waals surface area contributed by atoms with Gasteiger partial charge in [-0.3, -0.25) is 4.79 Å². The molecule has 6 heteroatoms. The molecule has 0 saturated carbocycles. The molecule has 0 fully saturated rings. The fraction of sp³-hybridized carbons (Fsp3) is 0.909. The third kappa shape index (κ3) is 4.95. The Kier molecular flexibility index (Phi) is 6.69. The lowest BCUT2D eigenvalue weighted by Gasteiger charge is -2.30. The zero-order valence-corrected chi connectivity index (χ0v) is 13.3. The summed E-state index contributed by atoms with van der Waals surface area (Å²) in [6.07, 6.45) is 2.94. The van der Waals surface area contributed by atoms with Gasteiger partial charge in [0.2, 0.25) is 5.91 Å². The Morgan fingerprint density at radius 2 is 1.82 bits per heavy atom. The third-order valence-corrected chi connectivity index (χ3v) is 6.12. The molecule has 0 spiro atoms. The van der Waals surface area contributed by atoms with Crippen LogP contribution in [0.15, 0.2) is 0 Å². The second-order valence-electron chi connectivity index (χ2n) is 4.53. The van der Waals surface area contributed by atoms with Crippen molar-refractivity contribution < 1.29 is 13.2 Å². The number of alkyl halides is 1. The van der Waals surface area contributed by atoms with Crippen molar-refractivity contribution in [2.24, 2.45) is 5.41 Å². The fourth-order valence-electron chi connectivity index (χ4n) is 1.35. The van der Waals surface area contributed by atoms with Gasteiger partial charge >= 0.3 is 0 Å². The molecule has 0 aliphatic heterocycles. The molecular weight excluding hydrogens is 306 g/mol. The van der Waals surface area contributed by atoms with Gasteiger partial charge in [-0.25, -0.2) is 8.42 Å². The summed E-state index contributed by atoms with van der Waals surface area (Å²) >= 11 is 3.45. The van der Waals surface area contributed by atoms with Crippen molar-refractivity contribution in [1.29, 1.82) is 0 Å². The minimum absolute atomic E-state index is 0.00683. The average Bonchev–Trinajstić information content (AvgIpc) is 2.29. The van der Waals surface area contributed by atoms with E-state index in [0.29, 0.717) is 6.54 Å². The Bertz CT molecular complexity index is 341. The van der Waals surface area contributed by atoms with E-state index in [-0.39, 0.29) is 5.41 Å². The zero-order valence-electron chi connectivity index (χ0n) is 10.9. The van der Waals surface area contributed by atoms with Crippen LogP contribution in [0.1, 0.15) is 33.6 Å². The highest BCUT2D eigenvalue weighted by Crippen LogP contribution is 2.27. The Morgan fingerprint density at radius 1 is 1.35 bits per heavy atom. The Morgan fingerprint density at radius 3 is 2.12 bits per heavy atom. The average molecular weight is 328 g/mol. The fourth-order valence-corrected chi connectivity index (χ4v) is 2.81. The Labute approximate surface area is 113 Å². The van der Waals surface area contributed by atoms with E-state index in [1.54, 1.807) is 0 Å². The summed E-state index contributed by atoms with van der Waals surface area (Å²) in [7, 11) is -3.31. The first kappa shape index (κ1) is 16.9. The predicted octanol–water partition coefficient (Wildman–Crippen LogP) is 1.74. The number of carbonyl (C=O) groups is 1. The van der Waals surface area contributed by atoms with Crippen LogP contribution in [0.4, 0.5) is 0 Å². The van der Waals surface area contributed by atoms with E-state index >= 15 is 0 Å². The zero-order chi connectivity index (χ0) is 13.7. The number of hydrogen-bond donors (Lipinski definition) is 1. The van der Waals surface area contributed by atoms with Crippen LogP contribution >= 0.6 is 15.9 Å². The summed E-state index contributed by atoms with van der Waals surface area (Å²) in [6.45, 7) is 6.05. The van der Waals surface area contributed by atoms with E-state index in [4.69, 9.17) is 0 Å². The highest BCUT2D eigenvalue weighted by molar-refractivity contribution is 9.09. The number of amides is 1. The molecule has 102 valence electrons. The molecule has 17 heavy (non-hydrogen) atoms. The van der Waals surface area contributed by atoms with Crippen LogP contribution in [0.5, 0.6) is 0 Å². The molecule has 4 nitrogen and oxygen atoms in total. The van der Waals surface area contributed by atoms with Crippen LogP contribution in [0, 0.1) is 5.41 Å². The minimum Gasteiger partial charge on any atom is -0.354 e. The Balaban J connectivity index is 4.52. The summed E-state index contributed by atoms with van der Waals surface area (Å²) in [4.78, 5) is 11.7. The Hall–Kier alpha value is -0.100. The number of rotatable bonds is 7. The summed E-state index contributed by atoms with van der Waals surface area (Å²) in [5.74, 6) is -0.417. The first-order chi connectivity index (χ1) is 7.72. The van der Waals surface area contributed by atoms with Crippen LogP contribution in [-0.4, -0.2) is 37.7 Å². The van der Waals surface area contributed by atoms with Crippen LogP contribution < -0.4 is 5.32 Å². The molecule has 1 atom stereocenters. The summed E-state index contributed by atoms with van der Waals surface area (Å²) in [5.41, 5.74) is 0.00683. The maximum Gasteiger partial charge on any atom is 0.238 e. The van der Waals surface area contributed by atoms with E-state index in [1.807, 2.05) is 0 Å². The lowest BCUT2D eigenvalue weighted by atomic mass is 9.84. The van der Waals surface area contributed by atoms with E-state index in [0.717, 1.165) is 24.4 Å². The van der Waals surface area contributed by atoms with Gasteiger partial charge in [0.1, 0.15) is 5.25 Å². The quantitative estimate of drug-likeness (QED) is 0.724. The summed E-state index contributed by atoms with van der Waals surface area (Å²) in [5, 5.41) is 2.54. The highest BCUT2D eigenvalue weighted by atomic mass is 79.9. The van der Waals surface area contributed by atoms with Gasteiger partial charge in [0.15, 0.2) is 9.84 Å². The van der Waals surface area contributed by atoms with Gasteiger partial charge in [-0.15, -0.1) is 0 Å². The normalized spacial score (nSPS) is 14.4. The first-order valence-corrected chi connectivity index (χ1v) is 8.82. The van der Waals surface area contributed by atoms with Crippen molar-refractivity contribution >= 4 is 31.7 Å². The number of halogens is 1. The van der Waals surface area contributed by atoms with Gasteiger partial charge in [-0.1, -0.05) is 29.8 Å². The molecule has 0 aromatic rings. The molecule has 0 heterocycles. The number of hydrogen-bond acceptors (Lipinski definition) is 3. The number of carbonyl (C=O) groups excluding carboxylic acids is 1. The van der Waals surface area contributed by atoms with Gasteiger partial charge in [0.05, 0.1) is 0 Å². The van der Waals surface area contributed by atoms with Crippen molar-refractivity contribution in [1.82, 2.24) is 5.32 Å². The second kappa shape index (κ2) is 6.73. The summed E-state index contributed by atoms with van der Waals surface area (Å²) in [6, 6.07) is 0. The largest absolute Gasteiger partial charge is 0.354 e. The molecule has 1 unspecified atom stereocenters. The van der Waals surface area contributed by atoms with Gasteiger partial charge in [-0.05, 0) is 25.2 Å². The molecule has 0 aliphatic carbocycles. The van der Waals surface area contributed by atoms with E-state index in [1.165, 1.54) is 6.92 Å². The molecule has 0 saturated heterocycles. The maximum atomic E-state index is 11.7. The first-order valence-electron chi connectivity index (χ1n) is 5.75. The summed E-state index contributed by atoms with van der Waals surface area (Å²) < 4.78 is 22.5. The molecule has 0 aromatic heterocycles. The van der Waals surface area contributed by atoms with Crippen molar-refractivity contribution in [2.45, 2.75) is 38.9 Å². The predicted molar refractivity (Wildman–Crippen MR) is 74.1 cm³/mol. The molecule has 0 radical (unpaired) electrons. The van der Waals surface area contributed by atoms with E-state index in [9.17, 15) is 13.2 Å². The topological polar surface area (TPSA) is 63.2 Å². The van der Waals surface area contributed by atoms with Crippen molar-refractivity contribution in [3.8, 4) is 0 Å². The molecule has 0 aliphatic rings. The van der Waals surface area contributed by atoms with E-state index in [2.05, 4.69) is 35.1 Å². The molecular formula is C11H22BrNO3S. The van der Waals surface area contributed by atoms with Crippen LogP contribution in [0.2, 0.25) is 0 Å². The second-order valence-corrected chi connectivity index (χ2v) is 7.46. The van der Waals surface area contributed by atoms with Crippen LogP contribution in [-0.2, 0) is 14.6 Å².